The number of hydrogen-bond donors (Lipinski definition) is 1. The summed E-state index contributed by atoms with van der Waals surface area (Å²) in [6, 6.07) is 13.8. The Hall–Kier alpha value is -3.81. The molecule has 0 aliphatic rings. The molecule has 31 heavy (non-hydrogen) atoms. The summed E-state index contributed by atoms with van der Waals surface area (Å²) in [6.07, 6.45) is -0.0667. The first-order valence-corrected chi connectivity index (χ1v) is 9.59. The Morgan fingerprint density at radius 2 is 1.74 bits per heavy atom. The van der Waals surface area contributed by atoms with E-state index in [2.05, 4.69) is 10.5 Å². The summed E-state index contributed by atoms with van der Waals surface area (Å²) in [4.78, 5) is 25.3. The van der Waals surface area contributed by atoms with Crippen LogP contribution in [0.15, 0.2) is 53.1 Å². The number of hydrogen-bond acceptors (Lipinski definition) is 7. The average molecular weight is 424 g/mol. The van der Waals surface area contributed by atoms with Gasteiger partial charge in [-0.3, -0.25) is 9.59 Å². The van der Waals surface area contributed by atoms with Crippen LogP contribution < -0.4 is 14.8 Å². The summed E-state index contributed by atoms with van der Waals surface area (Å²) in [5.41, 5.74) is 2.15. The summed E-state index contributed by atoms with van der Waals surface area (Å²) < 4.78 is 20.7. The summed E-state index contributed by atoms with van der Waals surface area (Å²) >= 11 is 0. The van der Waals surface area contributed by atoms with Gasteiger partial charge in [-0.05, 0) is 24.6 Å². The van der Waals surface area contributed by atoms with Gasteiger partial charge in [0, 0.05) is 5.56 Å². The van der Waals surface area contributed by atoms with Crippen LogP contribution in [0.1, 0.15) is 34.1 Å². The van der Waals surface area contributed by atoms with Crippen molar-refractivity contribution >= 4 is 11.9 Å². The molecule has 8 heteroatoms. The minimum absolute atomic E-state index is 0.0667. The van der Waals surface area contributed by atoms with Gasteiger partial charge in [-0.15, -0.1) is 0 Å². The molecular formula is C23H24N2O6. The number of aryl methyl sites for hydroxylation is 1. The number of aromatic nitrogens is 1. The zero-order chi connectivity index (χ0) is 22.4. The number of ether oxygens (including phenoxy) is 3. The fourth-order valence-corrected chi connectivity index (χ4v) is 3.23. The van der Waals surface area contributed by atoms with Gasteiger partial charge in [-0.25, -0.2) is 0 Å². The van der Waals surface area contributed by atoms with Crippen molar-refractivity contribution in [2.75, 3.05) is 21.3 Å². The number of benzene rings is 2. The number of esters is 1. The largest absolute Gasteiger partial charge is 0.493 e. The summed E-state index contributed by atoms with van der Waals surface area (Å²) in [5.74, 6) is 0.512. The number of carbonyl (C=O) groups is 2. The zero-order valence-electron chi connectivity index (χ0n) is 17.8. The first-order chi connectivity index (χ1) is 15.0. The zero-order valence-corrected chi connectivity index (χ0v) is 17.8. The molecule has 1 amide bonds. The predicted octanol–water partition coefficient (Wildman–Crippen LogP) is 3.70. The molecule has 0 saturated heterocycles. The highest BCUT2D eigenvalue weighted by Crippen LogP contribution is 2.32. The van der Waals surface area contributed by atoms with E-state index in [-0.39, 0.29) is 6.42 Å². The highest BCUT2D eigenvalue weighted by molar-refractivity contribution is 6.01. The van der Waals surface area contributed by atoms with E-state index in [9.17, 15) is 9.59 Å². The van der Waals surface area contributed by atoms with E-state index < -0.39 is 17.9 Å². The highest BCUT2D eigenvalue weighted by Gasteiger charge is 2.26. The number of nitrogens with one attached hydrogen (secondary N) is 1. The standard InChI is InChI=1S/C23H24N2O6/c1-14-21(22(25-31-14)15-8-6-5-7-9-15)23(27)24-17(13-20(26)30-4)16-10-11-18(28-2)19(12-16)29-3/h5-12,17H,13H2,1-4H3,(H,24,27). The predicted molar refractivity (Wildman–Crippen MR) is 113 cm³/mol. The topological polar surface area (TPSA) is 99.9 Å². The van der Waals surface area contributed by atoms with Crippen molar-refractivity contribution in [3.05, 3.63) is 65.4 Å². The molecule has 162 valence electrons. The molecule has 0 radical (unpaired) electrons. The maximum absolute atomic E-state index is 13.2. The summed E-state index contributed by atoms with van der Waals surface area (Å²) in [6.45, 7) is 1.67. The second kappa shape index (κ2) is 9.80. The molecule has 1 aromatic heterocycles. The third-order valence-corrected chi connectivity index (χ3v) is 4.85. The van der Waals surface area contributed by atoms with Crippen molar-refractivity contribution in [1.29, 1.82) is 0 Å². The Morgan fingerprint density at radius 3 is 2.39 bits per heavy atom. The molecule has 1 atom stereocenters. The first kappa shape index (κ1) is 21.9. The van der Waals surface area contributed by atoms with Crippen molar-refractivity contribution in [2.45, 2.75) is 19.4 Å². The fraction of sp³-hybridized carbons (Fsp3) is 0.261. The van der Waals surface area contributed by atoms with E-state index in [1.807, 2.05) is 30.3 Å². The van der Waals surface area contributed by atoms with E-state index in [1.54, 1.807) is 25.1 Å². The van der Waals surface area contributed by atoms with Crippen LogP contribution in [0.4, 0.5) is 0 Å². The molecule has 0 aliphatic heterocycles. The monoisotopic (exact) mass is 424 g/mol. The first-order valence-electron chi connectivity index (χ1n) is 9.59. The maximum Gasteiger partial charge on any atom is 0.307 e. The summed E-state index contributed by atoms with van der Waals surface area (Å²) in [7, 11) is 4.35. The lowest BCUT2D eigenvalue weighted by molar-refractivity contribution is -0.141. The Labute approximate surface area is 180 Å². The van der Waals surface area contributed by atoms with Crippen LogP contribution >= 0.6 is 0 Å². The molecule has 1 unspecified atom stereocenters. The van der Waals surface area contributed by atoms with Crippen molar-refractivity contribution in [3.8, 4) is 22.8 Å². The average Bonchev–Trinajstić information content (AvgIpc) is 3.19. The van der Waals surface area contributed by atoms with Crippen molar-refractivity contribution < 1.29 is 28.3 Å². The van der Waals surface area contributed by atoms with Crippen LogP contribution in [0.25, 0.3) is 11.3 Å². The van der Waals surface area contributed by atoms with Crippen LogP contribution in [0.5, 0.6) is 11.5 Å². The van der Waals surface area contributed by atoms with Gasteiger partial charge in [0.05, 0.1) is 33.8 Å². The van der Waals surface area contributed by atoms with Crippen molar-refractivity contribution in [2.24, 2.45) is 0 Å². The van der Waals surface area contributed by atoms with Gasteiger partial charge in [0.25, 0.3) is 5.91 Å². The van der Waals surface area contributed by atoms with E-state index >= 15 is 0 Å². The Balaban J connectivity index is 1.95. The third-order valence-electron chi connectivity index (χ3n) is 4.85. The molecule has 3 aromatic rings. The molecule has 0 spiro atoms. The van der Waals surface area contributed by atoms with Gasteiger partial charge in [-0.2, -0.15) is 0 Å². The number of nitrogens with zero attached hydrogens (tertiary/aromatic N) is 1. The number of methoxy groups -OCH3 is 3. The van der Waals surface area contributed by atoms with Gasteiger partial charge in [0.2, 0.25) is 0 Å². The molecule has 1 heterocycles. The van der Waals surface area contributed by atoms with Crippen molar-refractivity contribution in [3.63, 3.8) is 0 Å². The quantitative estimate of drug-likeness (QED) is 0.550. The van der Waals surface area contributed by atoms with E-state index in [1.165, 1.54) is 21.3 Å². The number of rotatable bonds is 8. The van der Waals surface area contributed by atoms with Gasteiger partial charge in [0.15, 0.2) is 11.5 Å². The Bertz CT molecular complexity index is 1060. The van der Waals surface area contributed by atoms with Crippen LogP contribution in [-0.4, -0.2) is 38.4 Å². The third kappa shape index (κ3) is 4.85. The van der Waals surface area contributed by atoms with E-state index in [0.717, 1.165) is 5.56 Å². The molecule has 3 rings (SSSR count). The molecule has 0 fully saturated rings. The smallest absolute Gasteiger partial charge is 0.307 e. The van der Waals surface area contributed by atoms with Gasteiger partial charge in [0.1, 0.15) is 17.0 Å². The minimum atomic E-state index is -0.669. The van der Waals surface area contributed by atoms with Gasteiger partial charge in [-0.1, -0.05) is 41.6 Å². The molecular weight excluding hydrogens is 400 g/mol. The lowest BCUT2D eigenvalue weighted by Crippen LogP contribution is -2.31. The molecule has 0 bridgehead atoms. The van der Waals surface area contributed by atoms with Crippen LogP contribution in [-0.2, 0) is 9.53 Å². The molecule has 0 aliphatic carbocycles. The van der Waals surface area contributed by atoms with E-state index in [0.29, 0.717) is 34.1 Å². The minimum Gasteiger partial charge on any atom is -0.493 e. The number of amides is 1. The molecule has 1 N–H and O–H groups in total. The lowest BCUT2D eigenvalue weighted by atomic mass is 10.0. The van der Waals surface area contributed by atoms with Gasteiger partial charge < -0.3 is 24.1 Å². The van der Waals surface area contributed by atoms with E-state index in [4.69, 9.17) is 18.7 Å². The van der Waals surface area contributed by atoms with Gasteiger partial charge >= 0.3 is 5.97 Å². The van der Waals surface area contributed by atoms with Crippen LogP contribution in [0.3, 0.4) is 0 Å². The molecule has 2 aromatic carbocycles. The SMILES string of the molecule is COC(=O)CC(NC(=O)c1c(-c2ccccc2)noc1C)c1ccc(OC)c(OC)c1. The Kier molecular flexibility index (Phi) is 6.92. The summed E-state index contributed by atoms with van der Waals surface area (Å²) in [5, 5.41) is 6.95. The fourth-order valence-electron chi connectivity index (χ4n) is 3.23. The Morgan fingerprint density at radius 1 is 1.03 bits per heavy atom. The van der Waals surface area contributed by atoms with Crippen LogP contribution in [0, 0.1) is 6.92 Å². The lowest BCUT2D eigenvalue weighted by Gasteiger charge is -2.20. The highest BCUT2D eigenvalue weighted by atomic mass is 16.5. The van der Waals surface area contributed by atoms with Crippen LogP contribution in [0.2, 0.25) is 0 Å². The molecule has 8 nitrogen and oxygen atoms in total. The second-order valence-corrected chi connectivity index (χ2v) is 6.75. The normalized spacial score (nSPS) is 11.5. The second-order valence-electron chi connectivity index (χ2n) is 6.75. The van der Waals surface area contributed by atoms with Crippen molar-refractivity contribution in [1.82, 2.24) is 10.5 Å². The molecule has 0 saturated carbocycles. The maximum atomic E-state index is 13.2. The number of carbonyl (C=O) groups excluding carboxylic acids is 2.